The molecule has 16 heavy (non-hydrogen) atoms. The van der Waals surface area contributed by atoms with Crippen molar-refractivity contribution in [2.24, 2.45) is 0 Å². The van der Waals surface area contributed by atoms with Gasteiger partial charge in [0, 0.05) is 18.4 Å². The molecule has 0 aromatic carbocycles. The maximum Gasteiger partial charge on any atom is 0.220 e. The van der Waals surface area contributed by atoms with Gasteiger partial charge in [0.25, 0.3) is 0 Å². The van der Waals surface area contributed by atoms with Gasteiger partial charge in [-0.15, -0.1) is 0 Å². The molecule has 0 aliphatic carbocycles. The van der Waals surface area contributed by atoms with Crippen molar-refractivity contribution >= 4 is 11.7 Å². The minimum atomic E-state index is -0.226. The van der Waals surface area contributed by atoms with Crippen LogP contribution < -0.4 is 5.32 Å². The summed E-state index contributed by atoms with van der Waals surface area (Å²) in [6.45, 7) is 3.78. The van der Waals surface area contributed by atoms with Crippen LogP contribution in [0.15, 0.2) is 0 Å². The summed E-state index contributed by atoms with van der Waals surface area (Å²) in [7, 11) is 0. The maximum absolute atomic E-state index is 11.5. The molecule has 3 heteroatoms. The highest BCUT2D eigenvalue weighted by Gasteiger charge is 2.35. The first-order valence-electron chi connectivity index (χ1n) is 6.38. The smallest absolute Gasteiger partial charge is 0.220 e. The van der Waals surface area contributed by atoms with Crippen LogP contribution in [0.1, 0.15) is 65.2 Å². The summed E-state index contributed by atoms with van der Waals surface area (Å²) in [4.78, 5) is 22.8. The minimum Gasteiger partial charge on any atom is -0.350 e. The molecule has 0 saturated carbocycles. The summed E-state index contributed by atoms with van der Waals surface area (Å²) in [5.74, 6) is 0.294. The lowest BCUT2D eigenvalue weighted by atomic mass is 9.80. The van der Waals surface area contributed by atoms with Crippen LogP contribution in [-0.2, 0) is 9.59 Å². The third kappa shape index (κ3) is 3.95. The Kier molecular flexibility index (Phi) is 4.97. The average Bonchev–Trinajstić information content (AvgIpc) is 2.16. The van der Waals surface area contributed by atoms with Gasteiger partial charge in [0.1, 0.15) is 5.78 Å². The number of unbranched alkanes of at least 4 members (excludes halogenated alkanes) is 2. The zero-order valence-corrected chi connectivity index (χ0v) is 10.5. The van der Waals surface area contributed by atoms with Crippen molar-refractivity contribution in [2.75, 3.05) is 0 Å². The van der Waals surface area contributed by atoms with Crippen LogP contribution in [0, 0.1) is 0 Å². The van der Waals surface area contributed by atoms with Crippen LogP contribution in [0.25, 0.3) is 0 Å². The van der Waals surface area contributed by atoms with Gasteiger partial charge in [-0.3, -0.25) is 9.59 Å². The molecule has 1 aliphatic heterocycles. The molecule has 0 aromatic rings. The Labute approximate surface area is 98.0 Å². The van der Waals surface area contributed by atoms with E-state index < -0.39 is 0 Å². The number of carbonyl (C=O) groups excluding carboxylic acids is 2. The van der Waals surface area contributed by atoms with Crippen molar-refractivity contribution in [1.29, 1.82) is 0 Å². The van der Waals surface area contributed by atoms with E-state index >= 15 is 0 Å². The fourth-order valence-electron chi connectivity index (χ4n) is 2.61. The number of piperidine rings is 1. The number of Topliss-reactive ketones (excluding diaryl/α,β-unsaturated/α-hetero) is 1. The van der Waals surface area contributed by atoms with Crippen molar-refractivity contribution < 1.29 is 9.59 Å². The average molecular weight is 225 g/mol. The molecule has 1 fully saturated rings. The van der Waals surface area contributed by atoms with Gasteiger partial charge in [0.15, 0.2) is 0 Å². The Morgan fingerprint density at radius 2 is 2.19 bits per heavy atom. The molecule has 1 N–H and O–H groups in total. The Morgan fingerprint density at radius 1 is 1.44 bits per heavy atom. The number of hydrogen-bond donors (Lipinski definition) is 1. The fraction of sp³-hybridized carbons (Fsp3) is 0.846. The van der Waals surface area contributed by atoms with E-state index in [-0.39, 0.29) is 17.2 Å². The normalized spacial score (nSPS) is 25.2. The zero-order chi connectivity index (χ0) is 12.0. The molecular weight excluding hydrogens is 202 g/mol. The number of amides is 1. The maximum atomic E-state index is 11.5. The summed E-state index contributed by atoms with van der Waals surface area (Å²) in [6.07, 6.45) is 7.40. The first-order chi connectivity index (χ1) is 7.58. The molecule has 1 unspecified atom stereocenters. The summed E-state index contributed by atoms with van der Waals surface area (Å²) < 4.78 is 0. The number of ketones is 1. The van der Waals surface area contributed by atoms with E-state index in [1.807, 2.05) is 0 Å². The summed E-state index contributed by atoms with van der Waals surface area (Å²) in [5.41, 5.74) is -0.226. The summed E-state index contributed by atoms with van der Waals surface area (Å²) >= 11 is 0. The predicted molar refractivity (Wildman–Crippen MR) is 64.2 cm³/mol. The van der Waals surface area contributed by atoms with E-state index in [1.54, 1.807) is 6.92 Å². The minimum absolute atomic E-state index is 0.115. The highest BCUT2D eigenvalue weighted by Crippen LogP contribution is 2.29. The van der Waals surface area contributed by atoms with E-state index in [1.165, 1.54) is 12.8 Å². The lowest BCUT2D eigenvalue weighted by molar-refractivity contribution is -0.126. The third-order valence-electron chi connectivity index (χ3n) is 3.31. The molecule has 3 nitrogen and oxygen atoms in total. The van der Waals surface area contributed by atoms with E-state index in [2.05, 4.69) is 12.2 Å². The molecule has 1 aliphatic rings. The Bertz CT molecular complexity index is 259. The van der Waals surface area contributed by atoms with Gasteiger partial charge < -0.3 is 5.32 Å². The third-order valence-corrected chi connectivity index (χ3v) is 3.31. The molecular formula is C13H23NO2. The predicted octanol–water partition coefficient (Wildman–Crippen LogP) is 2.58. The standard InChI is InChI=1S/C13H23NO2/c1-3-4-5-8-13(10-11(2)15)9-6-7-12(16)14-13/h3-10H2,1-2H3,(H,14,16). The van der Waals surface area contributed by atoms with Gasteiger partial charge in [-0.2, -0.15) is 0 Å². The highest BCUT2D eigenvalue weighted by atomic mass is 16.2. The molecule has 1 saturated heterocycles. The largest absolute Gasteiger partial charge is 0.350 e. The molecule has 1 atom stereocenters. The molecule has 1 heterocycles. The van der Waals surface area contributed by atoms with Crippen LogP contribution in [-0.4, -0.2) is 17.2 Å². The van der Waals surface area contributed by atoms with Crippen LogP contribution in [0.4, 0.5) is 0 Å². The molecule has 0 radical (unpaired) electrons. The van der Waals surface area contributed by atoms with Gasteiger partial charge in [-0.25, -0.2) is 0 Å². The van der Waals surface area contributed by atoms with Gasteiger partial charge in [-0.05, 0) is 26.2 Å². The van der Waals surface area contributed by atoms with Crippen LogP contribution >= 0.6 is 0 Å². The van der Waals surface area contributed by atoms with Gasteiger partial charge in [-0.1, -0.05) is 26.2 Å². The first kappa shape index (κ1) is 13.2. The van der Waals surface area contributed by atoms with Gasteiger partial charge >= 0.3 is 0 Å². The van der Waals surface area contributed by atoms with Gasteiger partial charge in [0.2, 0.25) is 5.91 Å². The topological polar surface area (TPSA) is 46.2 Å². The first-order valence-corrected chi connectivity index (χ1v) is 6.38. The summed E-state index contributed by atoms with van der Waals surface area (Å²) in [6, 6.07) is 0. The monoisotopic (exact) mass is 225 g/mol. The molecule has 1 rings (SSSR count). The zero-order valence-electron chi connectivity index (χ0n) is 10.5. The lowest BCUT2D eigenvalue weighted by Gasteiger charge is -2.37. The van der Waals surface area contributed by atoms with Crippen LogP contribution in [0.3, 0.4) is 0 Å². The quantitative estimate of drug-likeness (QED) is 0.706. The number of nitrogens with one attached hydrogen (secondary N) is 1. The molecule has 0 bridgehead atoms. The fourth-order valence-corrected chi connectivity index (χ4v) is 2.61. The second-order valence-corrected chi connectivity index (χ2v) is 5.02. The lowest BCUT2D eigenvalue weighted by Crippen LogP contribution is -2.52. The van der Waals surface area contributed by atoms with Crippen LogP contribution in [0.5, 0.6) is 0 Å². The SMILES string of the molecule is CCCCCC1(CC(C)=O)CCCC(=O)N1. The molecule has 92 valence electrons. The molecule has 1 amide bonds. The van der Waals surface area contributed by atoms with E-state index in [0.717, 1.165) is 25.7 Å². The Balaban J connectivity index is 2.59. The molecule has 0 spiro atoms. The van der Waals surface area contributed by atoms with E-state index in [0.29, 0.717) is 12.8 Å². The van der Waals surface area contributed by atoms with E-state index in [4.69, 9.17) is 0 Å². The Morgan fingerprint density at radius 3 is 2.75 bits per heavy atom. The van der Waals surface area contributed by atoms with Crippen molar-refractivity contribution in [3.8, 4) is 0 Å². The van der Waals surface area contributed by atoms with Gasteiger partial charge in [0.05, 0.1) is 0 Å². The number of carbonyl (C=O) groups is 2. The summed E-state index contributed by atoms with van der Waals surface area (Å²) in [5, 5.41) is 3.06. The molecule has 0 aromatic heterocycles. The second kappa shape index (κ2) is 6.02. The van der Waals surface area contributed by atoms with Crippen LogP contribution in [0.2, 0.25) is 0 Å². The highest BCUT2D eigenvalue weighted by molar-refractivity contribution is 5.81. The second-order valence-electron chi connectivity index (χ2n) is 5.02. The van der Waals surface area contributed by atoms with E-state index in [9.17, 15) is 9.59 Å². The van der Waals surface area contributed by atoms with Crippen molar-refractivity contribution in [3.63, 3.8) is 0 Å². The van der Waals surface area contributed by atoms with Crippen molar-refractivity contribution in [2.45, 2.75) is 70.8 Å². The van der Waals surface area contributed by atoms with Crippen molar-refractivity contribution in [3.05, 3.63) is 0 Å². The number of rotatable bonds is 6. The van der Waals surface area contributed by atoms with Crippen molar-refractivity contribution in [1.82, 2.24) is 5.32 Å². The Hall–Kier alpha value is -0.860. The number of hydrogen-bond acceptors (Lipinski definition) is 2.